The van der Waals surface area contributed by atoms with Crippen molar-refractivity contribution in [2.24, 2.45) is 11.7 Å². The first kappa shape index (κ1) is 14.5. The normalized spacial score (nSPS) is 19.6. The Morgan fingerprint density at radius 2 is 2.05 bits per heavy atom. The summed E-state index contributed by atoms with van der Waals surface area (Å²) >= 11 is 0. The number of aliphatic hydroxyl groups is 1. The highest BCUT2D eigenvalue weighted by molar-refractivity contribution is 5.31. The summed E-state index contributed by atoms with van der Waals surface area (Å²) in [6.07, 6.45) is 2.06. The van der Waals surface area contributed by atoms with Gasteiger partial charge in [0, 0.05) is 13.1 Å². The lowest BCUT2D eigenvalue weighted by Gasteiger charge is -2.33. The Balaban J connectivity index is 1.92. The maximum absolute atomic E-state index is 9.62. The molecule has 19 heavy (non-hydrogen) atoms. The van der Waals surface area contributed by atoms with Crippen molar-refractivity contribution in [1.29, 1.82) is 0 Å². The molecule has 1 aromatic carbocycles. The van der Waals surface area contributed by atoms with E-state index in [1.807, 2.05) is 6.92 Å². The smallest absolute Gasteiger partial charge is 0.0541 e. The molecule has 1 heterocycles. The average molecular weight is 262 g/mol. The van der Waals surface area contributed by atoms with Crippen molar-refractivity contribution >= 4 is 0 Å². The van der Waals surface area contributed by atoms with Gasteiger partial charge in [-0.2, -0.15) is 0 Å². The summed E-state index contributed by atoms with van der Waals surface area (Å²) in [5.74, 6) is 0.483. The summed E-state index contributed by atoms with van der Waals surface area (Å²) in [6, 6.07) is 6.53. The highest BCUT2D eigenvalue weighted by Crippen LogP contribution is 2.22. The van der Waals surface area contributed by atoms with Crippen LogP contribution in [-0.4, -0.2) is 29.2 Å². The Bertz CT molecular complexity index is 409. The minimum atomic E-state index is -0.160. The molecule has 0 spiro atoms. The van der Waals surface area contributed by atoms with Crippen LogP contribution in [0.2, 0.25) is 0 Å². The Morgan fingerprint density at radius 1 is 1.37 bits per heavy atom. The molecule has 0 amide bonds. The molecule has 0 saturated carbocycles. The SMILES string of the molecule is Cc1cc(CN)ccc1CN1CCC(C(C)O)CC1. The molecule has 3 heteroatoms. The highest BCUT2D eigenvalue weighted by Gasteiger charge is 2.22. The number of hydrogen-bond acceptors (Lipinski definition) is 3. The number of rotatable bonds is 4. The van der Waals surface area contributed by atoms with Gasteiger partial charge in [0.05, 0.1) is 6.10 Å². The van der Waals surface area contributed by atoms with E-state index >= 15 is 0 Å². The first-order valence-electron chi connectivity index (χ1n) is 7.29. The van der Waals surface area contributed by atoms with Crippen LogP contribution >= 0.6 is 0 Å². The second-order valence-corrected chi connectivity index (χ2v) is 5.82. The lowest BCUT2D eigenvalue weighted by atomic mass is 9.92. The molecule has 1 saturated heterocycles. The standard InChI is InChI=1S/C16H26N2O/c1-12-9-14(10-17)3-4-16(12)11-18-7-5-15(6-8-18)13(2)19/h3-4,9,13,15,19H,5-8,10-11,17H2,1-2H3. The molecule has 2 rings (SSSR count). The maximum Gasteiger partial charge on any atom is 0.0541 e. The third-order valence-electron chi connectivity index (χ3n) is 4.35. The van der Waals surface area contributed by atoms with Crippen LogP contribution in [0.4, 0.5) is 0 Å². The number of hydrogen-bond donors (Lipinski definition) is 2. The van der Waals surface area contributed by atoms with E-state index in [-0.39, 0.29) is 6.10 Å². The fraction of sp³-hybridized carbons (Fsp3) is 0.625. The topological polar surface area (TPSA) is 49.5 Å². The summed E-state index contributed by atoms with van der Waals surface area (Å²) in [4.78, 5) is 2.49. The minimum Gasteiger partial charge on any atom is -0.393 e. The lowest BCUT2D eigenvalue weighted by Crippen LogP contribution is -2.36. The van der Waals surface area contributed by atoms with E-state index in [0.717, 1.165) is 32.5 Å². The summed E-state index contributed by atoms with van der Waals surface area (Å²) in [7, 11) is 0. The Kier molecular flexibility index (Phi) is 4.97. The number of likely N-dealkylation sites (tertiary alicyclic amines) is 1. The highest BCUT2D eigenvalue weighted by atomic mass is 16.3. The van der Waals surface area contributed by atoms with E-state index in [1.54, 1.807) is 0 Å². The van der Waals surface area contributed by atoms with Crippen LogP contribution in [0.15, 0.2) is 18.2 Å². The van der Waals surface area contributed by atoms with Crippen molar-refractivity contribution in [3.63, 3.8) is 0 Å². The number of benzene rings is 1. The second kappa shape index (κ2) is 6.51. The van der Waals surface area contributed by atoms with Crippen molar-refractivity contribution in [2.75, 3.05) is 13.1 Å². The molecule has 1 unspecified atom stereocenters. The van der Waals surface area contributed by atoms with Crippen LogP contribution in [0, 0.1) is 12.8 Å². The summed E-state index contributed by atoms with van der Waals surface area (Å²) in [6.45, 7) is 7.89. The molecule has 3 N–H and O–H groups in total. The molecule has 0 bridgehead atoms. The van der Waals surface area contributed by atoms with Crippen molar-refractivity contribution in [1.82, 2.24) is 4.90 Å². The van der Waals surface area contributed by atoms with E-state index < -0.39 is 0 Å². The van der Waals surface area contributed by atoms with Gasteiger partial charge in [0.1, 0.15) is 0 Å². The molecular formula is C16H26N2O. The average Bonchev–Trinajstić information content (AvgIpc) is 2.41. The number of nitrogens with zero attached hydrogens (tertiary/aromatic N) is 1. The molecule has 1 aromatic rings. The van der Waals surface area contributed by atoms with E-state index in [9.17, 15) is 5.11 Å². The molecule has 0 radical (unpaired) electrons. The molecular weight excluding hydrogens is 236 g/mol. The second-order valence-electron chi connectivity index (χ2n) is 5.82. The van der Waals surface area contributed by atoms with Crippen molar-refractivity contribution < 1.29 is 5.11 Å². The fourth-order valence-corrected chi connectivity index (χ4v) is 2.90. The summed E-state index contributed by atoms with van der Waals surface area (Å²) in [5, 5.41) is 9.62. The van der Waals surface area contributed by atoms with Gasteiger partial charge in [0.15, 0.2) is 0 Å². The Morgan fingerprint density at radius 3 is 2.58 bits per heavy atom. The zero-order valence-corrected chi connectivity index (χ0v) is 12.1. The molecule has 3 nitrogen and oxygen atoms in total. The van der Waals surface area contributed by atoms with E-state index in [4.69, 9.17) is 5.73 Å². The molecule has 106 valence electrons. The van der Waals surface area contributed by atoms with Crippen molar-refractivity contribution in [3.8, 4) is 0 Å². The maximum atomic E-state index is 9.62. The van der Waals surface area contributed by atoms with E-state index in [1.165, 1.54) is 16.7 Å². The molecule has 1 aliphatic heterocycles. The molecule has 0 aromatic heterocycles. The number of aryl methyl sites for hydroxylation is 1. The summed E-state index contributed by atoms with van der Waals surface area (Å²) < 4.78 is 0. The Labute approximate surface area is 116 Å². The van der Waals surface area contributed by atoms with Gasteiger partial charge in [-0.25, -0.2) is 0 Å². The number of piperidine rings is 1. The molecule has 1 atom stereocenters. The third-order valence-corrected chi connectivity index (χ3v) is 4.35. The fourth-order valence-electron chi connectivity index (χ4n) is 2.90. The van der Waals surface area contributed by atoms with Crippen molar-refractivity contribution in [2.45, 2.75) is 45.9 Å². The van der Waals surface area contributed by atoms with Crippen LogP contribution in [0.5, 0.6) is 0 Å². The zero-order chi connectivity index (χ0) is 13.8. The van der Waals surface area contributed by atoms with E-state index in [0.29, 0.717) is 12.5 Å². The largest absolute Gasteiger partial charge is 0.393 e. The van der Waals surface area contributed by atoms with Gasteiger partial charge < -0.3 is 10.8 Å². The van der Waals surface area contributed by atoms with Gasteiger partial charge in [0.25, 0.3) is 0 Å². The van der Waals surface area contributed by atoms with Gasteiger partial charge in [-0.1, -0.05) is 18.2 Å². The predicted octanol–water partition coefficient (Wildman–Crippen LogP) is 2.05. The van der Waals surface area contributed by atoms with Crippen LogP contribution in [-0.2, 0) is 13.1 Å². The van der Waals surface area contributed by atoms with E-state index in [2.05, 4.69) is 30.0 Å². The van der Waals surface area contributed by atoms with Crippen LogP contribution in [0.25, 0.3) is 0 Å². The predicted molar refractivity (Wildman–Crippen MR) is 78.8 cm³/mol. The first-order chi connectivity index (χ1) is 9.10. The van der Waals surface area contributed by atoms with Gasteiger partial charge >= 0.3 is 0 Å². The monoisotopic (exact) mass is 262 g/mol. The molecule has 0 aliphatic carbocycles. The van der Waals surface area contributed by atoms with Gasteiger partial charge in [0.2, 0.25) is 0 Å². The van der Waals surface area contributed by atoms with Crippen LogP contribution < -0.4 is 5.73 Å². The first-order valence-corrected chi connectivity index (χ1v) is 7.29. The van der Waals surface area contributed by atoms with Crippen LogP contribution in [0.1, 0.15) is 36.5 Å². The molecule has 1 fully saturated rings. The number of nitrogens with two attached hydrogens (primary N) is 1. The summed E-state index contributed by atoms with van der Waals surface area (Å²) in [5.41, 5.74) is 9.60. The van der Waals surface area contributed by atoms with Gasteiger partial charge in [-0.05, 0) is 62.4 Å². The van der Waals surface area contributed by atoms with Gasteiger partial charge in [-0.15, -0.1) is 0 Å². The Hall–Kier alpha value is -0.900. The molecule has 1 aliphatic rings. The van der Waals surface area contributed by atoms with Gasteiger partial charge in [-0.3, -0.25) is 4.90 Å². The zero-order valence-electron chi connectivity index (χ0n) is 12.1. The number of aliphatic hydroxyl groups excluding tert-OH is 1. The van der Waals surface area contributed by atoms with Crippen LogP contribution in [0.3, 0.4) is 0 Å². The quantitative estimate of drug-likeness (QED) is 0.873. The minimum absolute atomic E-state index is 0.160. The lowest BCUT2D eigenvalue weighted by molar-refractivity contribution is 0.0695. The third kappa shape index (κ3) is 3.78. The van der Waals surface area contributed by atoms with Crippen molar-refractivity contribution in [3.05, 3.63) is 34.9 Å².